The van der Waals surface area contributed by atoms with Crippen LogP contribution in [-0.4, -0.2) is 97.2 Å². The zero-order chi connectivity index (χ0) is 27.8. The molecule has 0 aromatic rings. The summed E-state index contributed by atoms with van der Waals surface area (Å²) in [5.41, 5.74) is -2.29. The third-order valence-corrected chi connectivity index (χ3v) is 10.3. The van der Waals surface area contributed by atoms with E-state index in [1.807, 2.05) is 19.9 Å². The van der Waals surface area contributed by atoms with Crippen LogP contribution >= 0.6 is 0 Å². The van der Waals surface area contributed by atoms with Gasteiger partial charge in [0.25, 0.3) is 0 Å². The quantitative estimate of drug-likeness (QED) is 0.265. The van der Waals surface area contributed by atoms with Gasteiger partial charge in [-0.05, 0) is 56.1 Å². The summed E-state index contributed by atoms with van der Waals surface area (Å²) in [7, 11) is 0. The van der Waals surface area contributed by atoms with E-state index in [1.54, 1.807) is 12.2 Å². The molecular formula is C27H36O11. The minimum absolute atomic E-state index is 0.0166. The molecule has 3 saturated carbocycles. The molecule has 4 fully saturated rings. The average molecular weight is 537 g/mol. The largest absolute Gasteiger partial charge is 0.479 e. The van der Waals surface area contributed by atoms with Gasteiger partial charge in [0, 0.05) is 16.7 Å². The number of carbonyl (C=O) groups is 3. The number of ketones is 2. The smallest absolute Gasteiger partial charge is 0.335 e. The Labute approximate surface area is 219 Å². The molecule has 0 aromatic carbocycles. The minimum Gasteiger partial charge on any atom is -0.479 e. The number of rotatable bonds is 5. The molecule has 1 heterocycles. The van der Waals surface area contributed by atoms with Gasteiger partial charge in [-0.3, -0.25) is 9.59 Å². The third kappa shape index (κ3) is 3.86. The van der Waals surface area contributed by atoms with Crippen LogP contribution in [0.5, 0.6) is 0 Å². The van der Waals surface area contributed by atoms with E-state index in [1.165, 1.54) is 0 Å². The Bertz CT molecular complexity index is 1080. The summed E-state index contributed by atoms with van der Waals surface area (Å²) in [6.45, 7) is 3.12. The molecule has 0 amide bonds. The van der Waals surface area contributed by atoms with Crippen LogP contribution in [0, 0.1) is 28.6 Å². The van der Waals surface area contributed by atoms with Crippen molar-refractivity contribution in [1.82, 2.24) is 0 Å². The van der Waals surface area contributed by atoms with Crippen molar-refractivity contribution in [3.05, 3.63) is 23.8 Å². The van der Waals surface area contributed by atoms with Gasteiger partial charge in [0.2, 0.25) is 0 Å². The number of carboxylic acids is 1. The van der Waals surface area contributed by atoms with Gasteiger partial charge in [-0.15, -0.1) is 0 Å². The summed E-state index contributed by atoms with van der Waals surface area (Å²) in [5, 5.41) is 62.5. The highest BCUT2D eigenvalue weighted by molar-refractivity contribution is 6.01. The highest BCUT2D eigenvalue weighted by Gasteiger charge is 2.68. The number of ether oxygens (including phenoxy) is 2. The zero-order valence-electron chi connectivity index (χ0n) is 21.4. The molecule has 12 atom stereocenters. The Morgan fingerprint density at radius 2 is 1.82 bits per heavy atom. The summed E-state index contributed by atoms with van der Waals surface area (Å²) in [4.78, 5) is 36.8. The van der Waals surface area contributed by atoms with E-state index in [4.69, 9.17) is 9.47 Å². The Morgan fingerprint density at radius 1 is 1.11 bits per heavy atom. The second-order valence-electron chi connectivity index (χ2n) is 12.1. The molecule has 4 aliphatic carbocycles. The Morgan fingerprint density at radius 3 is 2.50 bits per heavy atom. The van der Waals surface area contributed by atoms with E-state index in [0.29, 0.717) is 12.8 Å². The number of aliphatic hydroxyl groups excluding tert-OH is 4. The molecule has 210 valence electrons. The topological polar surface area (TPSA) is 191 Å². The molecule has 0 bridgehead atoms. The van der Waals surface area contributed by atoms with Crippen LogP contribution in [0.15, 0.2) is 23.8 Å². The van der Waals surface area contributed by atoms with Gasteiger partial charge in [0.15, 0.2) is 24.0 Å². The van der Waals surface area contributed by atoms with Gasteiger partial charge in [-0.25, -0.2) is 4.79 Å². The predicted molar refractivity (Wildman–Crippen MR) is 128 cm³/mol. The van der Waals surface area contributed by atoms with Crippen LogP contribution < -0.4 is 0 Å². The first kappa shape index (κ1) is 27.6. The van der Waals surface area contributed by atoms with Gasteiger partial charge in [-0.2, -0.15) is 0 Å². The van der Waals surface area contributed by atoms with E-state index < -0.39 is 71.6 Å². The highest BCUT2D eigenvalue weighted by Crippen LogP contribution is 2.67. The van der Waals surface area contributed by atoms with E-state index in [9.17, 15) is 45.0 Å². The summed E-state index contributed by atoms with van der Waals surface area (Å²) >= 11 is 0. The van der Waals surface area contributed by atoms with Crippen molar-refractivity contribution in [2.45, 2.75) is 88.4 Å². The normalized spacial score (nSPS) is 50.0. The van der Waals surface area contributed by atoms with Gasteiger partial charge in [0.1, 0.15) is 30.5 Å². The van der Waals surface area contributed by atoms with Gasteiger partial charge < -0.3 is 40.1 Å². The maximum atomic E-state index is 13.5. The number of Topliss-reactive ketones (excluding diaryl/α,β-unsaturated/α-hetero) is 1. The van der Waals surface area contributed by atoms with Gasteiger partial charge in [-0.1, -0.05) is 25.5 Å². The van der Waals surface area contributed by atoms with Crippen molar-refractivity contribution in [3.8, 4) is 0 Å². The lowest BCUT2D eigenvalue weighted by molar-refractivity contribution is -0.293. The Kier molecular flexibility index (Phi) is 6.74. The number of aliphatic carboxylic acids is 1. The summed E-state index contributed by atoms with van der Waals surface area (Å²) in [6.07, 6.45) is -2.60. The maximum Gasteiger partial charge on any atom is 0.335 e. The fraction of sp³-hybridized carbons (Fsp3) is 0.741. The molecule has 1 saturated heterocycles. The molecule has 0 radical (unpaired) electrons. The number of aliphatic hydroxyl groups is 5. The van der Waals surface area contributed by atoms with Crippen LogP contribution in [0.25, 0.3) is 0 Å². The zero-order valence-corrected chi connectivity index (χ0v) is 21.4. The van der Waals surface area contributed by atoms with Crippen LogP contribution in [0.3, 0.4) is 0 Å². The molecule has 11 nitrogen and oxygen atoms in total. The van der Waals surface area contributed by atoms with E-state index in [0.717, 1.165) is 12.0 Å². The minimum atomic E-state index is -1.89. The van der Waals surface area contributed by atoms with Crippen LogP contribution in [0.2, 0.25) is 0 Å². The Balaban J connectivity index is 1.34. The lowest BCUT2D eigenvalue weighted by Gasteiger charge is -2.59. The molecule has 0 aromatic heterocycles. The molecule has 11 heteroatoms. The van der Waals surface area contributed by atoms with Crippen LogP contribution in [0.4, 0.5) is 0 Å². The van der Waals surface area contributed by atoms with E-state index in [2.05, 4.69) is 0 Å². The van der Waals surface area contributed by atoms with Crippen molar-refractivity contribution in [3.63, 3.8) is 0 Å². The first-order chi connectivity index (χ1) is 17.7. The van der Waals surface area contributed by atoms with Crippen molar-refractivity contribution >= 4 is 17.5 Å². The van der Waals surface area contributed by atoms with Crippen molar-refractivity contribution < 1.29 is 54.5 Å². The number of hydrogen-bond acceptors (Lipinski definition) is 10. The van der Waals surface area contributed by atoms with Crippen molar-refractivity contribution in [1.29, 1.82) is 0 Å². The van der Waals surface area contributed by atoms with Crippen molar-refractivity contribution in [2.24, 2.45) is 28.6 Å². The maximum absolute atomic E-state index is 13.5. The average Bonchev–Trinajstić information content (AvgIpc) is 3.13. The molecule has 5 rings (SSSR count). The second-order valence-corrected chi connectivity index (χ2v) is 12.1. The lowest BCUT2D eigenvalue weighted by atomic mass is 9.46. The fourth-order valence-corrected chi connectivity index (χ4v) is 8.26. The van der Waals surface area contributed by atoms with Crippen LogP contribution in [-0.2, 0) is 23.9 Å². The number of carboxylic acid groups (broad SMARTS) is 1. The second kappa shape index (κ2) is 9.29. The molecule has 1 aliphatic heterocycles. The van der Waals surface area contributed by atoms with Crippen molar-refractivity contribution in [2.75, 3.05) is 6.61 Å². The molecule has 5 aliphatic rings. The molecule has 38 heavy (non-hydrogen) atoms. The predicted octanol–water partition coefficient (Wildman–Crippen LogP) is -0.526. The first-order valence-electron chi connectivity index (χ1n) is 13.2. The SMILES string of the molecule is C[C@]12C=CC(=O)C=C1CCC1C2C(O)C[C@@]2(C)C1CC[C@]2(O)C(=O)COC1O[C@H](C(=O)O)[C@@H](O)[C@H](O)[C@H]1O. The summed E-state index contributed by atoms with van der Waals surface area (Å²) in [5.74, 6) is -2.54. The molecule has 6 N–H and O–H groups in total. The van der Waals surface area contributed by atoms with Gasteiger partial charge >= 0.3 is 5.97 Å². The Hall–Kier alpha value is -1.99. The number of fused-ring (bicyclic) bond motifs is 5. The summed E-state index contributed by atoms with van der Waals surface area (Å²) in [6, 6.07) is 0. The standard InChI is InChI=1S/C27H36O11/c1-25-7-5-13(28)9-12(25)3-4-14-15-6-8-27(36,26(15,2)10-16(29)18(14)25)17(30)11-37-24-21(33)19(31)20(32)22(38-24)23(34)35/h5,7,9,14-16,18-22,24,29,31-33,36H,3-4,6,8,10-11H2,1-2H3,(H,34,35)/t14?,15?,16?,18?,19-,20-,21+,22-,24?,25-,26-,27-/m0/s1. The van der Waals surface area contributed by atoms with E-state index in [-0.39, 0.29) is 36.4 Å². The lowest BCUT2D eigenvalue weighted by Crippen LogP contribution is -2.62. The number of hydrogen-bond donors (Lipinski definition) is 6. The van der Waals surface area contributed by atoms with Crippen LogP contribution in [0.1, 0.15) is 46.0 Å². The number of allylic oxidation sites excluding steroid dienone is 4. The van der Waals surface area contributed by atoms with E-state index >= 15 is 0 Å². The van der Waals surface area contributed by atoms with Gasteiger partial charge in [0.05, 0.1) is 6.10 Å². The third-order valence-electron chi connectivity index (χ3n) is 10.3. The molecular weight excluding hydrogens is 500 g/mol. The first-order valence-corrected chi connectivity index (χ1v) is 13.2. The molecule has 5 unspecified atom stereocenters. The summed E-state index contributed by atoms with van der Waals surface area (Å²) < 4.78 is 10.4. The molecule has 0 spiro atoms. The number of carbonyl (C=O) groups excluding carboxylic acids is 2. The fourth-order valence-electron chi connectivity index (χ4n) is 8.26. The highest BCUT2D eigenvalue weighted by atomic mass is 16.7. The monoisotopic (exact) mass is 536 g/mol.